The first-order valence-corrected chi connectivity index (χ1v) is 4.18. The highest BCUT2D eigenvalue weighted by molar-refractivity contribution is 7.51. The van der Waals surface area contributed by atoms with E-state index in [9.17, 15) is 9.36 Å². The lowest BCUT2D eigenvalue weighted by Crippen LogP contribution is -2.23. The van der Waals surface area contributed by atoms with E-state index >= 15 is 0 Å². The van der Waals surface area contributed by atoms with Crippen LogP contribution in [0.15, 0.2) is 0 Å². The fourth-order valence-electron chi connectivity index (χ4n) is 0.308. The second-order valence-electron chi connectivity index (χ2n) is 1.64. The standard InChI is InChI=1S/C3H8NO5P/c5-3(6)1-4-2-10(7,8)9/h4H,1-2H2,(H,5,6)(H2,7,8,9)/i3+1,4+1. The molecule has 0 aliphatic carbocycles. The van der Waals surface area contributed by atoms with E-state index in [1.54, 1.807) is 0 Å². The molecule has 0 aliphatic rings. The van der Waals surface area contributed by atoms with Crippen LogP contribution in [0.3, 0.4) is 0 Å². The third kappa shape index (κ3) is 7.58. The number of aliphatic carboxylic acids is 1. The summed E-state index contributed by atoms with van der Waals surface area (Å²) in [7, 11) is -4.10. The minimum atomic E-state index is -4.10. The molecule has 0 aromatic carbocycles. The van der Waals surface area contributed by atoms with Gasteiger partial charge in [-0.1, -0.05) is 0 Å². The van der Waals surface area contributed by atoms with Crippen molar-refractivity contribution in [3.8, 4) is 0 Å². The topological polar surface area (TPSA) is 107 Å². The number of carboxylic acids is 1. The molecule has 0 aromatic rings. The smallest absolute Gasteiger partial charge is 0.339 e. The maximum atomic E-state index is 10.1. The summed E-state index contributed by atoms with van der Waals surface area (Å²) in [5, 5.41) is 10.1. The quantitative estimate of drug-likeness (QED) is 0.240. The molecule has 10 heavy (non-hydrogen) atoms. The summed E-state index contributed by atoms with van der Waals surface area (Å²) >= 11 is 0. The Morgan fingerprint density at radius 1 is 1.50 bits per heavy atom. The van der Waals surface area contributed by atoms with Crippen LogP contribution in [0, 0.1) is 0 Å². The Labute approximate surface area is 57.0 Å². The SMILES string of the molecule is O=[13C](O)C[15NH]CP(=O)(O)O. The molecule has 4 N–H and O–H groups in total. The Morgan fingerprint density at radius 2 is 2.00 bits per heavy atom. The van der Waals surface area contributed by atoms with Crippen molar-refractivity contribution in [2.24, 2.45) is 0 Å². The molecule has 0 aromatic heterocycles. The van der Waals surface area contributed by atoms with Gasteiger partial charge in [-0.25, -0.2) is 0 Å². The summed E-state index contributed by atoms with van der Waals surface area (Å²) in [5.41, 5.74) is 0. The first kappa shape index (κ1) is 9.58. The number of hydrogen-bond donors (Lipinski definition) is 4. The van der Waals surface area contributed by atoms with Crippen LogP contribution in [0.4, 0.5) is 0 Å². The van der Waals surface area contributed by atoms with E-state index in [4.69, 9.17) is 14.9 Å². The molecular weight excluding hydrogens is 163 g/mol. The van der Waals surface area contributed by atoms with Crippen molar-refractivity contribution in [2.45, 2.75) is 0 Å². The van der Waals surface area contributed by atoms with E-state index in [1.807, 2.05) is 0 Å². The predicted octanol–water partition coefficient (Wildman–Crippen LogP) is -1.20. The summed E-state index contributed by atoms with van der Waals surface area (Å²) in [4.78, 5) is 26.1. The van der Waals surface area contributed by atoms with Crippen molar-refractivity contribution >= 4 is 13.6 Å². The normalized spacial score (nSPS) is 11.4. The molecular formula is C3H8NO5P. The molecule has 0 radical (unpaired) electrons. The molecule has 0 spiro atoms. The molecule has 0 unspecified atom stereocenters. The molecule has 0 amide bonds. The zero-order valence-corrected chi connectivity index (χ0v) is 5.91. The fraction of sp³-hybridized carbons (Fsp3) is 0.667. The first-order valence-electron chi connectivity index (χ1n) is 2.39. The van der Waals surface area contributed by atoms with Crippen LogP contribution in [0.1, 0.15) is 0 Å². The molecule has 6 nitrogen and oxygen atoms in total. The van der Waals surface area contributed by atoms with Crippen LogP contribution < -0.4 is 5.32 Å². The van der Waals surface area contributed by atoms with E-state index in [1.165, 1.54) is 0 Å². The number of nitrogens with one attached hydrogen (secondary N) is 1. The van der Waals surface area contributed by atoms with E-state index in [0.717, 1.165) is 0 Å². The third-order valence-electron chi connectivity index (χ3n) is 0.594. The van der Waals surface area contributed by atoms with Crippen LogP contribution >= 0.6 is 7.60 Å². The lowest BCUT2D eigenvalue weighted by Gasteiger charge is -2.02. The maximum Gasteiger partial charge on any atom is 0.339 e. The molecule has 0 heterocycles. The monoisotopic (exact) mass is 171 g/mol. The summed E-state index contributed by atoms with van der Waals surface area (Å²) in [6, 6.07) is 0. The van der Waals surface area contributed by atoms with Crippen LogP contribution in [0.25, 0.3) is 0 Å². The third-order valence-corrected chi connectivity index (χ3v) is 1.23. The molecule has 0 fully saturated rings. The van der Waals surface area contributed by atoms with Gasteiger partial charge in [-0.15, -0.1) is 0 Å². The van der Waals surface area contributed by atoms with E-state index in [-0.39, 0.29) is 0 Å². The average Bonchev–Trinajstić information content (AvgIpc) is 1.59. The van der Waals surface area contributed by atoms with Gasteiger partial charge in [0.15, 0.2) is 0 Å². The second kappa shape index (κ2) is 3.68. The van der Waals surface area contributed by atoms with Crippen molar-refractivity contribution in [3.63, 3.8) is 0 Å². The lowest BCUT2D eigenvalue weighted by molar-refractivity contribution is -0.135. The number of carbonyl (C=O) groups is 1. The summed E-state index contributed by atoms with van der Waals surface area (Å²) in [6.45, 7) is -0.439. The summed E-state index contributed by atoms with van der Waals surface area (Å²) in [6.07, 6.45) is -0.598. The molecule has 0 atom stereocenters. The molecule has 7 heteroatoms. The molecule has 0 bridgehead atoms. The Morgan fingerprint density at radius 3 is 2.30 bits per heavy atom. The lowest BCUT2D eigenvalue weighted by atomic mass is 11.1. The minimum Gasteiger partial charge on any atom is -0.480 e. The van der Waals surface area contributed by atoms with Crippen molar-refractivity contribution < 1.29 is 24.3 Å². The van der Waals surface area contributed by atoms with Gasteiger partial charge in [0.2, 0.25) is 0 Å². The number of hydrogen-bond acceptors (Lipinski definition) is 3. The van der Waals surface area contributed by atoms with Gasteiger partial charge < -0.3 is 14.9 Å². The second-order valence-corrected chi connectivity index (χ2v) is 3.29. The first-order chi connectivity index (χ1) is 4.42. The highest BCUT2D eigenvalue weighted by Gasteiger charge is 2.11. The fourth-order valence-corrected chi connectivity index (χ4v) is 0.712. The Bertz CT molecular complexity index is 162. The molecule has 60 valence electrons. The van der Waals surface area contributed by atoms with Gasteiger partial charge in [-0.3, -0.25) is 14.7 Å². The zero-order valence-electron chi connectivity index (χ0n) is 5.02. The van der Waals surface area contributed by atoms with Gasteiger partial charge >= 0.3 is 13.6 Å². The minimum absolute atomic E-state index is 0.439. The summed E-state index contributed by atoms with van der Waals surface area (Å²) in [5.74, 6) is -1.14. The van der Waals surface area contributed by atoms with Crippen LogP contribution in [-0.2, 0) is 9.36 Å². The largest absolute Gasteiger partial charge is 0.480 e. The van der Waals surface area contributed by atoms with Gasteiger partial charge in [0, 0.05) is 0 Å². The van der Waals surface area contributed by atoms with E-state index in [2.05, 4.69) is 5.32 Å². The predicted molar refractivity (Wildman–Crippen MR) is 32.5 cm³/mol. The number of rotatable bonds is 4. The van der Waals surface area contributed by atoms with Gasteiger partial charge in [0.1, 0.15) is 0 Å². The van der Waals surface area contributed by atoms with Gasteiger partial charge in [-0.2, -0.15) is 0 Å². The highest BCUT2D eigenvalue weighted by atomic mass is 31.2. The summed E-state index contributed by atoms with van der Waals surface area (Å²) < 4.78 is 10.1. The molecule has 0 saturated carbocycles. The molecule has 0 saturated heterocycles. The Hall–Kier alpha value is -0.420. The zero-order chi connectivity index (χ0) is 8.20. The van der Waals surface area contributed by atoms with Crippen molar-refractivity contribution in [2.75, 3.05) is 12.8 Å². The number of carboxylic acid groups (broad SMARTS) is 1. The molecule has 0 rings (SSSR count). The van der Waals surface area contributed by atoms with Gasteiger partial charge in [0.05, 0.1) is 12.8 Å². The van der Waals surface area contributed by atoms with Crippen molar-refractivity contribution in [1.29, 1.82) is 0 Å². The van der Waals surface area contributed by atoms with E-state index in [0.29, 0.717) is 0 Å². The highest BCUT2D eigenvalue weighted by Crippen LogP contribution is 2.31. The van der Waals surface area contributed by atoms with Crippen molar-refractivity contribution in [3.05, 3.63) is 0 Å². The van der Waals surface area contributed by atoms with E-state index < -0.39 is 26.4 Å². The molecule has 0 aliphatic heterocycles. The average molecular weight is 171 g/mol. The van der Waals surface area contributed by atoms with Crippen LogP contribution in [0.2, 0.25) is 0 Å². The Kier molecular flexibility index (Phi) is 3.52. The van der Waals surface area contributed by atoms with Gasteiger partial charge in [0.25, 0.3) is 0 Å². The van der Waals surface area contributed by atoms with Crippen LogP contribution in [0.5, 0.6) is 0 Å². The van der Waals surface area contributed by atoms with Gasteiger partial charge in [-0.05, 0) is 0 Å². The Balaban J connectivity index is 3.39. The van der Waals surface area contributed by atoms with Crippen LogP contribution in [-0.4, -0.2) is 33.7 Å². The van der Waals surface area contributed by atoms with Crippen molar-refractivity contribution in [1.82, 2.24) is 5.32 Å². The maximum absolute atomic E-state index is 10.1.